The zero-order valence-electron chi connectivity index (χ0n) is 11.2. The highest BCUT2D eigenvalue weighted by atomic mass is 32.2. The molecule has 0 radical (unpaired) electrons. The molecule has 3 rings (SSSR count). The summed E-state index contributed by atoms with van der Waals surface area (Å²) >= 11 is 1.38. The number of benzene rings is 2. The third-order valence-electron chi connectivity index (χ3n) is 3.26. The minimum atomic E-state index is -0.389. The predicted octanol–water partition coefficient (Wildman–Crippen LogP) is 2.69. The first-order valence-corrected chi connectivity index (χ1v) is 7.47. The molecule has 0 unspecified atom stereocenters. The maximum atomic E-state index is 12.5. The number of hydrogen-bond donors (Lipinski definition) is 1. The first-order valence-electron chi connectivity index (χ1n) is 6.59. The van der Waals surface area contributed by atoms with Crippen molar-refractivity contribution in [3.8, 4) is 0 Å². The highest BCUT2D eigenvalue weighted by molar-refractivity contribution is 8.00. The van der Waals surface area contributed by atoms with Crippen molar-refractivity contribution in [2.75, 3.05) is 10.6 Å². The summed E-state index contributed by atoms with van der Waals surface area (Å²) in [5, 5.41) is -0.389. The van der Waals surface area contributed by atoms with Crippen LogP contribution in [0.3, 0.4) is 0 Å². The molecule has 1 fully saturated rings. The van der Waals surface area contributed by atoms with Gasteiger partial charge in [0.2, 0.25) is 11.8 Å². The lowest BCUT2D eigenvalue weighted by molar-refractivity contribution is -0.121. The second-order valence-electron chi connectivity index (χ2n) is 4.79. The molecule has 2 amide bonds. The molecule has 1 saturated heterocycles. The van der Waals surface area contributed by atoms with Crippen LogP contribution in [0.5, 0.6) is 0 Å². The predicted molar refractivity (Wildman–Crippen MR) is 84.1 cm³/mol. The van der Waals surface area contributed by atoms with Crippen molar-refractivity contribution in [1.29, 1.82) is 0 Å². The number of carbonyl (C=O) groups excluding carboxylic acids is 2. The highest BCUT2D eigenvalue weighted by Gasteiger charge is 2.39. The molecule has 1 aliphatic heterocycles. The van der Waals surface area contributed by atoms with Crippen LogP contribution in [-0.4, -0.2) is 17.1 Å². The molecular weight excluding hydrogens is 284 g/mol. The third kappa shape index (κ3) is 2.78. The monoisotopic (exact) mass is 298 g/mol. The van der Waals surface area contributed by atoms with E-state index in [-0.39, 0.29) is 23.5 Å². The van der Waals surface area contributed by atoms with Gasteiger partial charge in [0.1, 0.15) is 0 Å². The number of carbonyl (C=O) groups is 2. The Balaban J connectivity index is 1.81. The largest absolute Gasteiger partial charge is 0.399 e. The second-order valence-corrected chi connectivity index (χ2v) is 6.06. The lowest BCUT2D eigenvalue weighted by atomic mass is 10.3. The summed E-state index contributed by atoms with van der Waals surface area (Å²) < 4.78 is 0. The Morgan fingerprint density at radius 2 is 1.81 bits per heavy atom. The molecule has 0 saturated carbocycles. The van der Waals surface area contributed by atoms with Gasteiger partial charge >= 0.3 is 0 Å². The van der Waals surface area contributed by atoms with E-state index in [9.17, 15) is 9.59 Å². The van der Waals surface area contributed by atoms with E-state index in [0.717, 1.165) is 4.90 Å². The lowest BCUT2D eigenvalue weighted by Crippen LogP contribution is -2.30. The van der Waals surface area contributed by atoms with Crippen LogP contribution in [-0.2, 0) is 9.59 Å². The third-order valence-corrected chi connectivity index (χ3v) is 4.43. The number of rotatable bonds is 3. The van der Waals surface area contributed by atoms with E-state index in [1.807, 2.05) is 36.4 Å². The fourth-order valence-electron chi connectivity index (χ4n) is 2.30. The molecule has 2 aromatic rings. The van der Waals surface area contributed by atoms with E-state index in [0.29, 0.717) is 11.4 Å². The molecule has 0 aliphatic carbocycles. The standard InChI is InChI=1S/C16H14N2O2S/c17-11-5-4-8-13(9-11)21-14-10-15(19)18(16(14)20)12-6-2-1-3-7-12/h1-9,14H,10,17H2/t14-/m1/s1. The Morgan fingerprint density at radius 3 is 2.52 bits per heavy atom. The van der Waals surface area contributed by atoms with Gasteiger partial charge in [0.05, 0.1) is 10.9 Å². The number of amides is 2. The molecule has 106 valence electrons. The van der Waals surface area contributed by atoms with Crippen molar-refractivity contribution in [3.63, 3.8) is 0 Å². The summed E-state index contributed by atoms with van der Waals surface area (Å²) in [7, 11) is 0. The van der Waals surface area contributed by atoms with Crippen molar-refractivity contribution in [1.82, 2.24) is 0 Å². The topological polar surface area (TPSA) is 63.4 Å². The van der Waals surface area contributed by atoms with Gasteiger partial charge in [-0.05, 0) is 30.3 Å². The van der Waals surface area contributed by atoms with E-state index < -0.39 is 0 Å². The van der Waals surface area contributed by atoms with E-state index in [1.54, 1.807) is 18.2 Å². The first-order chi connectivity index (χ1) is 10.1. The van der Waals surface area contributed by atoms with Crippen LogP contribution < -0.4 is 10.6 Å². The van der Waals surface area contributed by atoms with E-state index in [4.69, 9.17) is 5.73 Å². The van der Waals surface area contributed by atoms with Crippen LogP contribution in [0.2, 0.25) is 0 Å². The lowest BCUT2D eigenvalue weighted by Gasteiger charge is -2.14. The Kier molecular flexibility index (Phi) is 3.66. The molecule has 21 heavy (non-hydrogen) atoms. The van der Waals surface area contributed by atoms with E-state index >= 15 is 0 Å². The molecular formula is C16H14N2O2S. The van der Waals surface area contributed by atoms with Gasteiger partial charge in [-0.2, -0.15) is 0 Å². The zero-order valence-corrected chi connectivity index (χ0v) is 12.0. The summed E-state index contributed by atoms with van der Waals surface area (Å²) in [4.78, 5) is 26.7. The van der Waals surface area contributed by atoms with Gasteiger partial charge in [-0.25, -0.2) is 4.90 Å². The van der Waals surface area contributed by atoms with Gasteiger partial charge in [0, 0.05) is 17.0 Å². The molecule has 0 aromatic heterocycles. The fourth-order valence-corrected chi connectivity index (χ4v) is 3.42. The smallest absolute Gasteiger partial charge is 0.247 e. The van der Waals surface area contributed by atoms with Crippen molar-refractivity contribution >= 4 is 35.0 Å². The van der Waals surface area contributed by atoms with Crippen molar-refractivity contribution in [2.24, 2.45) is 0 Å². The van der Waals surface area contributed by atoms with Gasteiger partial charge in [0.15, 0.2) is 0 Å². The summed E-state index contributed by atoms with van der Waals surface area (Å²) in [6, 6.07) is 16.4. The van der Waals surface area contributed by atoms with E-state index in [1.165, 1.54) is 16.7 Å². The summed E-state index contributed by atoms with van der Waals surface area (Å²) in [5.41, 5.74) is 7.02. The van der Waals surface area contributed by atoms with Gasteiger partial charge < -0.3 is 5.73 Å². The average molecular weight is 298 g/mol. The van der Waals surface area contributed by atoms with Crippen LogP contribution in [0.1, 0.15) is 6.42 Å². The Bertz CT molecular complexity index is 688. The minimum Gasteiger partial charge on any atom is -0.399 e. The molecule has 0 bridgehead atoms. The van der Waals surface area contributed by atoms with Crippen LogP contribution in [0.25, 0.3) is 0 Å². The second kappa shape index (κ2) is 5.61. The van der Waals surface area contributed by atoms with E-state index in [2.05, 4.69) is 0 Å². The number of nitrogen functional groups attached to an aromatic ring is 1. The Morgan fingerprint density at radius 1 is 1.05 bits per heavy atom. The van der Waals surface area contributed by atoms with Gasteiger partial charge in [-0.1, -0.05) is 24.3 Å². The van der Waals surface area contributed by atoms with Gasteiger partial charge in [-0.3, -0.25) is 9.59 Å². The van der Waals surface area contributed by atoms with Crippen LogP contribution in [0.4, 0.5) is 11.4 Å². The molecule has 2 N–H and O–H groups in total. The summed E-state index contributed by atoms with van der Waals surface area (Å²) in [6.45, 7) is 0. The van der Waals surface area contributed by atoms with Crippen molar-refractivity contribution in [3.05, 3.63) is 54.6 Å². The number of anilines is 2. The van der Waals surface area contributed by atoms with Crippen LogP contribution >= 0.6 is 11.8 Å². The zero-order chi connectivity index (χ0) is 14.8. The van der Waals surface area contributed by atoms with Crippen LogP contribution in [0.15, 0.2) is 59.5 Å². The number of hydrogen-bond acceptors (Lipinski definition) is 4. The maximum Gasteiger partial charge on any atom is 0.247 e. The molecule has 5 heteroatoms. The summed E-state index contributed by atoms with van der Waals surface area (Å²) in [6.07, 6.45) is 0.215. The average Bonchev–Trinajstić information content (AvgIpc) is 2.74. The molecule has 1 aliphatic rings. The number of thioether (sulfide) groups is 1. The van der Waals surface area contributed by atoms with Gasteiger partial charge in [-0.15, -0.1) is 11.8 Å². The number of nitrogens with zero attached hydrogens (tertiary/aromatic N) is 1. The minimum absolute atomic E-state index is 0.160. The molecule has 1 atom stereocenters. The number of para-hydroxylation sites is 1. The SMILES string of the molecule is Nc1cccc(S[C@@H]2CC(=O)N(c3ccccc3)C2=O)c1. The molecule has 2 aromatic carbocycles. The fraction of sp³-hybridized carbons (Fsp3) is 0.125. The molecule has 1 heterocycles. The Labute approximate surface area is 126 Å². The van der Waals surface area contributed by atoms with Gasteiger partial charge in [0.25, 0.3) is 0 Å². The maximum absolute atomic E-state index is 12.5. The summed E-state index contributed by atoms with van der Waals surface area (Å²) in [5.74, 6) is -0.328. The number of nitrogens with two attached hydrogens (primary N) is 1. The molecule has 4 nitrogen and oxygen atoms in total. The van der Waals surface area contributed by atoms with Crippen molar-refractivity contribution in [2.45, 2.75) is 16.6 Å². The first kappa shape index (κ1) is 13.7. The molecule has 0 spiro atoms. The quantitative estimate of drug-likeness (QED) is 0.699. The Hall–Kier alpha value is -2.27. The highest BCUT2D eigenvalue weighted by Crippen LogP contribution is 2.34. The van der Waals surface area contributed by atoms with Crippen LogP contribution in [0, 0.1) is 0 Å². The normalized spacial score (nSPS) is 18.3. The van der Waals surface area contributed by atoms with Crippen molar-refractivity contribution < 1.29 is 9.59 Å². The number of imide groups is 1.